The van der Waals surface area contributed by atoms with Crippen LogP contribution in [0.25, 0.3) is 0 Å². The van der Waals surface area contributed by atoms with E-state index in [2.05, 4.69) is 4.18 Å². The Morgan fingerprint density at radius 1 is 1.00 bits per heavy atom. The first-order valence-electron chi connectivity index (χ1n) is 6.86. The van der Waals surface area contributed by atoms with Crippen LogP contribution in [-0.2, 0) is 27.9 Å². The van der Waals surface area contributed by atoms with Crippen molar-refractivity contribution in [3.63, 3.8) is 0 Å². The summed E-state index contributed by atoms with van der Waals surface area (Å²) in [6.07, 6.45) is -2.25. The maximum Gasteiger partial charge on any atom is 0.358 e. The van der Waals surface area contributed by atoms with E-state index >= 15 is 0 Å². The van der Waals surface area contributed by atoms with Crippen molar-refractivity contribution in [2.75, 3.05) is 6.35 Å². The molecule has 0 aliphatic carbocycles. The van der Waals surface area contributed by atoms with Crippen LogP contribution in [0, 0.1) is 17.5 Å². The summed E-state index contributed by atoms with van der Waals surface area (Å²) in [5, 5.41) is 0. The van der Waals surface area contributed by atoms with Crippen molar-refractivity contribution in [2.24, 2.45) is 0 Å². The highest BCUT2D eigenvalue weighted by Gasteiger charge is 2.34. The number of benzene rings is 1. The van der Waals surface area contributed by atoms with Crippen LogP contribution in [0.1, 0.15) is 27.7 Å². The van der Waals surface area contributed by atoms with Gasteiger partial charge in [0.15, 0.2) is 11.2 Å². The zero-order chi connectivity index (χ0) is 18.7. The van der Waals surface area contributed by atoms with Crippen LogP contribution in [0.5, 0.6) is 0 Å². The van der Waals surface area contributed by atoms with Crippen molar-refractivity contribution in [3.8, 4) is 0 Å². The molecule has 0 radical (unpaired) electrons. The molecule has 0 saturated heterocycles. The summed E-state index contributed by atoms with van der Waals surface area (Å²) in [4.78, 5) is -1.48. The molecular formula is C13H18F3O6PS. The number of rotatable bonds is 8. The molecule has 24 heavy (non-hydrogen) atoms. The van der Waals surface area contributed by atoms with E-state index in [0.717, 1.165) is 0 Å². The van der Waals surface area contributed by atoms with Crippen molar-refractivity contribution >= 4 is 17.7 Å². The third-order valence-electron chi connectivity index (χ3n) is 2.32. The number of halogens is 3. The van der Waals surface area contributed by atoms with E-state index in [1.54, 1.807) is 0 Å². The molecule has 1 aromatic carbocycles. The first-order valence-corrected chi connectivity index (χ1v) is 10.00. The van der Waals surface area contributed by atoms with Crippen molar-refractivity contribution in [1.29, 1.82) is 0 Å². The zero-order valence-corrected chi connectivity index (χ0v) is 15.2. The SMILES string of the molecule is CC(C)OP(=O)(COS(=O)(=O)c1c(F)cc(F)cc1F)OC(C)C. The molecule has 0 bridgehead atoms. The minimum absolute atomic E-state index is 0.189. The molecule has 1 rings (SSSR count). The molecule has 0 heterocycles. The van der Waals surface area contributed by atoms with E-state index in [-0.39, 0.29) is 12.1 Å². The van der Waals surface area contributed by atoms with Gasteiger partial charge in [0.1, 0.15) is 17.5 Å². The van der Waals surface area contributed by atoms with Gasteiger partial charge in [-0.1, -0.05) is 0 Å². The van der Waals surface area contributed by atoms with Gasteiger partial charge in [0.25, 0.3) is 0 Å². The Morgan fingerprint density at radius 3 is 1.79 bits per heavy atom. The summed E-state index contributed by atoms with van der Waals surface area (Å²) in [7, 11) is -9.00. The zero-order valence-electron chi connectivity index (χ0n) is 13.5. The second kappa shape index (κ2) is 7.97. The maximum atomic E-state index is 13.6. The molecule has 0 saturated carbocycles. The van der Waals surface area contributed by atoms with Crippen LogP contribution in [0.4, 0.5) is 13.2 Å². The maximum absolute atomic E-state index is 13.6. The molecule has 0 atom stereocenters. The first-order chi connectivity index (χ1) is 10.9. The minimum atomic E-state index is -4.99. The second-order valence-corrected chi connectivity index (χ2v) is 8.77. The molecule has 1 aromatic rings. The van der Waals surface area contributed by atoms with E-state index in [9.17, 15) is 26.2 Å². The number of hydrogen-bond acceptors (Lipinski definition) is 6. The summed E-state index contributed by atoms with van der Waals surface area (Å²) in [5.74, 6) is -4.63. The lowest BCUT2D eigenvalue weighted by Crippen LogP contribution is -2.16. The fourth-order valence-electron chi connectivity index (χ4n) is 1.69. The molecule has 11 heteroatoms. The van der Waals surface area contributed by atoms with E-state index < -0.39 is 58.6 Å². The van der Waals surface area contributed by atoms with Crippen LogP contribution < -0.4 is 0 Å². The largest absolute Gasteiger partial charge is 0.358 e. The van der Waals surface area contributed by atoms with Crippen LogP contribution in [0.2, 0.25) is 0 Å². The fraction of sp³-hybridized carbons (Fsp3) is 0.538. The van der Waals surface area contributed by atoms with Crippen LogP contribution in [0.15, 0.2) is 17.0 Å². The van der Waals surface area contributed by atoms with Crippen molar-refractivity contribution in [2.45, 2.75) is 44.8 Å². The van der Waals surface area contributed by atoms with Crippen molar-refractivity contribution in [3.05, 3.63) is 29.6 Å². The van der Waals surface area contributed by atoms with Crippen LogP contribution in [-0.4, -0.2) is 27.0 Å². The average Bonchev–Trinajstić information content (AvgIpc) is 2.32. The van der Waals surface area contributed by atoms with Gasteiger partial charge in [-0.05, 0) is 27.7 Å². The highest BCUT2D eigenvalue weighted by molar-refractivity contribution is 7.87. The van der Waals surface area contributed by atoms with Crippen molar-refractivity contribution in [1.82, 2.24) is 0 Å². The molecule has 0 aliphatic heterocycles. The predicted molar refractivity (Wildman–Crippen MR) is 79.5 cm³/mol. The Hall–Kier alpha value is -0.930. The summed E-state index contributed by atoms with van der Waals surface area (Å²) in [6.45, 7) is 6.13. The quantitative estimate of drug-likeness (QED) is 0.496. The highest BCUT2D eigenvalue weighted by Crippen LogP contribution is 2.51. The van der Waals surface area contributed by atoms with Crippen molar-refractivity contribution < 1.29 is 39.4 Å². The topological polar surface area (TPSA) is 78.9 Å². The summed E-state index contributed by atoms with van der Waals surface area (Å²) >= 11 is 0. The molecule has 0 spiro atoms. The molecule has 0 unspecified atom stereocenters. The Labute approximate surface area is 138 Å². The van der Waals surface area contributed by atoms with E-state index in [1.165, 1.54) is 27.7 Å². The molecule has 0 amide bonds. The van der Waals surface area contributed by atoms with Gasteiger partial charge >= 0.3 is 17.7 Å². The minimum Gasteiger partial charge on any atom is -0.304 e. The van der Waals surface area contributed by atoms with Gasteiger partial charge in [-0.15, -0.1) is 0 Å². The standard InChI is InChI=1S/C13H18F3O6PS/c1-8(2)21-23(17,22-9(3)4)7-20-24(18,19)13-11(15)5-10(14)6-12(13)16/h5-6,8-9H,7H2,1-4H3. The van der Waals surface area contributed by atoms with Gasteiger partial charge in [-0.3, -0.25) is 8.75 Å². The third kappa shape index (κ3) is 5.86. The normalized spacial score (nSPS) is 13.0. The molecule has 0 aromatic heterocycles. The lowest BCUT2D eigenvalue weighted by atomic mass is 10.3. The van der Waals surface area contributed by atoms with E-state index in [4.69, 9.17) is 9.05 Å². The predicted octanol–water partition coefficient (Wildman–Crippen LogP) is 3.81. The van der Waals surface area contributed by atoms with E-state index in [0.29, 0.717) is 0 Å². The Bertz CT molecular complexity index is 698. The molecule has 6 nitrogen and oxygen atoms in total. The van der Waals surface area contributed by atoms with Gasteiger partial charge in [0, 0.05) is 12.1 Å². The monoisotopic (exact) mass is 390 g/mol. The molecule has 0 N–H and O–H groups in total. The lowest BCUT2D eigenvalue weighted by molar-refractivity contribution is 0.129. The smallest absolute Gasteiger partial charge is 0.304 e. The van der Waals surface area contributed by atoms with Gasteiger partial charge in [0.2, 0.25) is 0 Å². The molecule has 0 fully saturated rings. The van der Waals surface area contributed by atoms with Gasteiger partial charge in [-0.2, -0.15) is 8.42 Å². The Kier molecular flexibility index (Phi) is 7.01. The third-order valence-corrected chi connectivity index (χ3v) is 5.75. The number of hydrogen-bond donors (Lipinski definition) is 0. The Morgan fingerprint density at radius 2 is 1.42 bits per heavy atom. The van der Waals surface area contributed by atoms with Gasteiger partial charge in [-0.25, -0.2) is 13.2 Å². The van der Waals surface area contributed by atoms with Crippen LogP contribution in [0.3, 0.4) is 0 Å². The molecular weight excluding hydrogens is 372 g/mol. The lowest BCUT2D eigenvalue weighted by Gasteiger charge is -2.22. The Balaban J connectivity index is 3.08. The van der Waals surface area contributed by atoms with Gasteiger partial charge in [0.05, 0.1) is 12.2 Å². The summed E-state index contributed by atoms with van der Waals surface area (Å²) in [6, 6.07) is 0.377. The summed E-state index contributed by atoms with van der Waals surface area (Å²) < 4.78 is 90.9. The van der Waals surface area contributed by atoms with Gasteiger partial charge < -0.3 is 9.05 Å². The first kappa shape index (κ1) is 21.1. The highest BCUT2D eigenvalue weighted by atomic mass is 32.2. The van der Waals surface area contributed by atoms with Crippen LogP contribution >= 0.6 is 7.60 Å². The molecule has 0 aliphatic rings. The van der Waals surface area contributed by atoms with E-state index in [1.807, 2.05) is 0 Å². The fourth-order valence-corrected chi connectivity index (χ4v) is 4.93. The molecule has 138 valence electrons. The average molecular weight is 390 g/mol. The summed E-state index contributed by atoms with van der Waals surface area (Å²) in [5.41, 5.74) is 0. The second-order valence-electron chi connectivity index (χ2n) is 5.32.